The second-order valence-corrected chi connectivity index (χ2v) is 10.1. The molecule has 0 spiro atoms. The molecule has 0 bridgehead atoms. The van der Waals surface area contributed by atoms with Gasteiger partial charge in [0.1, 0.15) is 0 Å². The van der Waals surface area contributed by atoms with Crippen molar-refractivity contribution in [3.05, 3.63) is 21.9 Å². The number of hydrogen-bond donors (Lipinski definition) is 2. The van der Waals surface area contributed by atoms with Crippen molar-refractivity contribution in [3.8, 4) is 0 Å². The van der Waals surface area contributed by atoms with Gasteiger partial charge in [-0.2, -0.15) is 26.3 Å². The van der Waals surface area contributed by atoms with E-state index in [1.807, 2.05) is 11.3 Å². The Morgan fingerprint density at radius 3 is 2.14 bits per heavy atom. The number of morpholine rings is 1. The molecule has 1 saturated heterocycles. The molecule has 2 heterocycles. The van der Waals surface area contributed by atoms with E-state index in [2.05, 4.69) is 43.0 Å². The molecule has 0 radical (unpaired) electrons. The Hall–Kier alpha value is -1.94. The number of rotatable bonds is 7. The molecule has 2 aliphatic rings. The first-order valence-corrected chi connectivity index (χ1v) is 12.1. The predicted molar refractivity (Wildman–Crippen MR) is 122 cm³/mol. The van der Waals surface area contributed by atoms with E-state index in [1.165, 1.54) is 22.6 Å². The van der Waals surface area contributed by atoms with E-state index in [9.17, 15) is 26.3 Å². The highest BCUT2D eigenvalue weighted by Crippen LogP contribution is 2.36. The van der Waals surface area contributed by atoms with Crippen LogP contribution in [-0.2, 0) is 25.6 Å². The lowest BCUT2D eigenvalue weighted by molar-refractivity contribution is -0.193. The third-order valence-electron chi connectivity index (χ3n) is 5.49. The fraction of sp³-hybridized carbons (Fsp3) is 0.727. The summed E-state index contributed by atoms with van der Waals surface area (Å²) in [5.74, 6) is -4.95. The van der Waals surface area contributed by atoms with E-state index in [4.69, 9.17) is 29.3 Å². The van der Waals surface area contributed by atoms with Gasteiger partial charge >= 0.3 is 24.3 Å². The standard InChI is InChI=1S/C18H30N2O2S.2C2HF3O2/c1-14-4-6-16(23-14)12-20-9-11-22-18-15(5-7-17(18)20)13-21-10-8-19(2)3;2*3-2(4,5)1(6)7/h4,6,15,17-18H,5,7-13H2,1-3H3;2*(H,6,7). The number of carboxylic acid groups (broad SMARTS) is 2. The van der Waals surface area contributed by atoms with Gasteiger partial charge in [-0.3, -0.25) is 4.90 Å². The molecule has 2 fully saturated rings. The van der Waals surface area contributed by atoms with E-state index in [0.717, 1.165) is 39.5 Å². The molecule has 0 amide bonds. The number of alkyl halides is 6. The molecule has 3 atom stereocenters. The molecule has 0 aromatic carbocycles. The number of carboxylic acids is 2. The van der Waals surface area contributed by atoms with Crippen LogP contribution in [0.4, 0.5) is 26.3 Å². The zero-order valence-electron chi connectivity index (χ0n) is 20.6. The second-order valence-electron chi connectivity index (χ2n) is 8.71. The molecule has 15 heteroatoms. The summed E-state index contributed by atoms with van der Waals surface area (Å²) in [6, 6.07) is 5.09. The molecular formula is C22H32F6N2O6S. The maximum atomic E-state index is 10.6. The minimum absolute atomic E-state index is 0.365. The van der Waals surface area contributed by atoms with Crippen LogP contribution in [0.5, 0.6) is 0 Å². The van der Waals surface area contributed by atoms with Crippen LogP contribution in [0.15, 0.2) is 12.1 Å². The van der Waals surface area contributed by atoms with Crippen molar-refractivity contribution in [2.75, 3.05) is 47.0 Å². The molecule has 3 rings (SSSR count). The van der Waals surface area contributed by atoms with Crippen LogP contribution in [0, 0.1) is 12.8 Å². The van der Waals surface area contributed by atoms with Crippen molar-refractivity contribution < 1.29 is 55.6 Å². The van der Waals surface area contributed by atoms with Crippen LogP contribution >= 0.6 is 11.3 Å². The Labute approximate surface area is 214 Å². The van der Waals surface area contributed by atoms with Gasteiger partial charge < -0.3 is 24.6 Å². The monoisotopic (exact) mass is 566 g/mol. The number of carbonyl (C=O) groups is 2. The summed E-state index contributed by atoms with van der Waals surface area (Å²) >= 11 is 1.92. The van der Waals surface area contributed by atoms with E-state index in [-0.39, 0.29) is 0 Å². The number of halogens is 6. The van der Waals surface area contributed by atoms with Crippen LogP contribution in [0.1, 0.15) is 22.6 Å². The molecule has 1 aliphatic heterocycles. The smallest absolute Gasteiger partial charge is 0.475 e. The highest BCUT2D eigenvalue weighted by Gasteiger charge is 2.42. The predicted octanol–water partition coefficient (Wildman–Crippen LogP) is 3.88. The highest BCUT2D eigenvalue weighted by atomic mass is 32.1. The average molecular weight is 567 g/mol. The maximum absolute atomic E-state index is 10.6. The van der Waals surface area contributed by atoms with Crippen molar-refractivity contribution in [2.45, 2.75) is 50.8 Å². The molecule has 2 N–H and O–H groups in total. The van der Waals surface area contributed by atoms with Crippen molar-refractivity contribution in [1.29, 1.82) is 0 Å². The third kappa shape index (κ3) is 12.4. The van der Waals surface area contributed by atoms with Gasteiger partial charge in [-0.25, -0.2) is 9.59 Å². The van der Waals surface area contributed by atoms with Gasteiger partial charge in [0.05, 0.1) is 25.9 Å². The SMILES string of the molecule is Cc1ccc(CN2CCOC3C(COCCN(C)C)CCC32)s1.O=C(O)C(F)(F)F.O=C(O)C(F)(F)F. The number of aryl methyl sites for hydroxylation is 1. The largest absolute Gasteiger partial charge is 0.490 e. The highest BCUT2D eigenvalue weighted by molar-refractivity contribution is 7.11. The molecule has 37 heavy (non-hydrogen) atoms. The van der Waals surface area contributed by atoms with Crippen molar-refractivity contribution in [3.63, 3.8) is 0 Å². The first kappa shape index (κ1) is 33.1. The minimum atomic E-state index is -5.08. The molecule has 214 valence electrons. The summed E-state index contributed by atoms with van der Waals surface area (Å²) < 4.78 is 75.5. The number of ether oxygens (including phenoxy) is 2. The molecule has 1 aromatic rings. The third-order valence-corrected chi connectivity index (χ3v) is 6.48. The van der Waals surface area contributed by atoms with Crippen LogP contribution in [0.25, 0.3) is 0 Å². The van der Waals surface area contributed by atoms with Gasteiger partial charge in [0.25, 0.3) is 0 Å². The summed E-state index contributed by atoms with van der Waals surface area (Å²) in [6.45, 7) is 7.85. The van der Waals surface area contributed by atoms with Crippen LogP contribution in [0.3, 0.4) is 0 Å². The normalized spacial score (nSPS) is 21.9. The van der Waals surface area contributed by atoms with Crippen molar-refractivity contribution >= 4 is 23.3 Å². The number of fused-ring (bicyclic) bond motifs is 1. The average Bonchev–Trinajstić information content (AvgIpc) is 3.37. The summed E-state index contributed by atoms with van der Waals surface area (Å²) in [5.41, 5.74) is 0. The van der Waals surface area contributed by atoms with Crippen LogP contribution in [-0.4, -0.2) is 103 Å². The molecule has 3 unspecified atom stereocenters. The molecular weight excluding hydrogens is 534 g/mol. The Morgan fingerprint density at radius 2 is 1.68 bits per heavy atom. The molecule has 1 aromatic heterocycles. The Bertz CT molecular complexity index is 824. The van der Waals surface area contributed by atoms with Crippen molar-refractivity contribution in [1.82, 2.24) is 9.80 Å². The van der Waals surface area contributed by atoms with E-state index < -0.39 is 24.3 Å². The van der Waals surface area contributed by atoms with E-state index in [1.54, 1.807) is 0 Å². The van der Waals surface area contributed by atoms with Gasteiger partial charge in [-0.1, -0.05) is 0 Å². The van der Waals surface area contributed by atoms with Crippen molar-refractivity contribution in [2.24, 2.45) is 5.92 Å². The fourth-order valence-corrected chi connectivity index (χ4v) is 4.68. The first-order valence-electron chi connectivity index (χ1n) is 11.3. The number of nitrogens with zero attached hydrogens (tertiary/aromatic N) is 2. The number of thiophene rings is 1. The Kier molecular flexibility index (Phi) is 13.3. The van der Waals surface area contributed by atoms with Gasteiger partial charge in [0, 0.05) is 41.3 Å². The lowest BCUT2D eigenvalue weighted by Gasteiger charge is -2.39. The van der Waals surface area contributed by atoms with E-state index in [0.29, 0.717) is 18.1 Å². The lowest BCUT2D eigenvalue weighted by Crippen LogP contribution is -2.50. The maximum Gasteiger partial charge on any atom is 0.490 e. The minimum Gasteiger partial charge on any atom is -0.475 e. The molecule has 1 saturated carbocycles. The topological polar surface area (TPSA) is 99.5 Å². The van der Waals surface area contributed by atoms with Crippen LogP contribution in [0.2, 0.25) is 0 Å². The Morgan fingerprint density at radius 1 is 1.11 bits per heavy atom. The fourth-order valence-electron chi connectivity index (χ4n) is 3.76. The van der Waals surface area contributed by atoms with Gasteiger partial charge in [-0.05, 0) is 46.0 Å². The summed E-state index contributed by atoms with van der Waals surface area (Å²) in [6.07, 6.45) is -7.32. The lowest BCUT2D eigenvalue weighted by atomic mass is 10.0. The quantitative estimate of drug-likeness (QED) is 0.379. The van der Waals surface area contributed by atoms with Crippen LogP contribution < -0.4 is 0 Å². The Balaban J connectivity index is 0.000000404. The zero-order chi connectivity index (χ0) is 28.4. The van der Waals surface area contributed by atoms with Gasteiger partial charge in [0.2, 0.25) is 0 Å². The summed E-state index contributed by atoms with van der Waals surface area (Å²) in [7, 11) is 4.17. The molecule has 8 nitrogen and oxygen atoms in total. The van der Waals surface area contributed by atoms with E-state index >= 15 is 0 Å². The number of hydrogen-bond acceptors (Lipinski definition) is 7. The number of likely N-dealkylation sites (N-methyl/N-ethyl adjacent to an activating group) is 1. The molecule has 1 aliphatic carbocycles. The van der Waals surface area contributed by atoms with Gasteiger partial charge in [-0.15, -0.1) is 11.3 Å². The zero-order valence-corrected chi connectivity index (χ0v) is 21.5. The summed E-state index contributed by atoms with van der Waals surface area (Å²) in [4.78, 5) is 25.5. The first-order chi connectivity index (χ1) is 17.0. The number of aliphatic carboxylic acids is 2. The van der Waals surface area contributed by atoms with Gasteiger partial charge in [0.15, 0.2) is 0 Å². The summed E-state index contributed by atoms with van der Waals surface area (Å²) in [5, 5.41) is 14.2. The second kappa shape index (κ2) is 14.9.